The number of carbonyl (C=O) groups excluding carboxylic acids is 3. The first-order valence-electron chi connectivity index (χ1n) is 8.56. The predicted octanol–water partition coefficient (Wildman–Crippen LogP) is 5.00. The Morgan fingerprint density at radius 2 is 1.52 bits per heavy atom. The average Bonchev–Trinajstić information content (AvgIpc) is 2.62. The van der Waals surface area contributed by atoms with Crippen LogP contribution in [0.3, 0.4) is 0 Å². The third-order valence-electron chi connectivity index (χ3n) is 3.82. The van der Waals surface area contributed by atoms with Crippen molar-refractivity contribution in [1.29, 1.82) is 0 Å². The summed E-state index contributed by atoms with van der Waals surface area (Å²) in [6.07, 6.45) is 0. The van der Waals surface area contributed by atoms with Crippen molar-refractivity contribution in [2.75, 3.05) is 11.9 Å². The van der Waals surface area contributed by atoms with E-state index in [1.165, 1.54) is 12.1 Å². The number of nitrogens with one attached hydrogen (secondary N) is 1. The van der Waals surface area contributed by atoms with Crippen LogP contribution in [0.1, 0.15) is 58.8 Å². The molecule has 2 aromatic carbocycles. The molecule has 0 atom stereocenters. The molecule has 5 nitrogen and oxygen atoms in total. The van der Waals surface area contributed by atoms with Gasteiger partial charge >= 0.3 is 5.97 Å². The molecule has 6 heteroatoms. The molecule has 0 unspecified atom stereocenters. The van der Waals surface area contributed by atoms with Gasteiger partial charge in [0.25, 0.3) is 5.91 Å². The normalized spacial score (nSPS) is 11.0. The van der Waals surface area contributed by atoms with E-state index in [2.05, 4.69) is 5.32 Å². The van der Waals surface area contributed by atoms with Crippen LogP contribution in [-0.2, 0) is 4.74 Å². The molecule has 0 aliphatic rings. The van der Waals surface area contributed by atoms with Gasteiger partial charge in [0.1, 0.15) is 0 Å². The van der Waals surface area contributed by atoms with Gasteiger partial charge in [-0.2, -0.15) is 0 Å². The van der Waals surface area contributed by atoms with Crippen molar-refractivity contribution in [2.45, 2.75) is 27.7 Å². The standard InChI is InChI=1S/C21H22ClNO4/c1-5-27-20(26)15-10-11-17(16(22)12-15)23-19(25)14-8-6-13(7-9-14)18(24)21(2,3)4/h6-12H,5H2,1-4H3,(H,23,25). The lowest BCUT2D eigenvalue weighted by Crippen LogP contribution is -2.20. The molecule has 0 radical (unpaired) electrons. The summed E-state index contributed by atoms with van der Waals surface area (Å²) in [6, 6.07) is 11.0. The molecule has 0 saturated heterocycles. The zero-order valence-electron chi connectivity index (χ0n) is 15.8. The van der Waals surface area contributed by atoms with Gasteiger partial charge in [0.2, 0.25) is 0 Å². The number of ether oxygens (including phenoxy) is 1. The molecule has 1 amide bonds. The minimum absolute atomic E-state index is 0.00653. The molecule has 1 N–H and O–H groups in total. The number of amides is 1. The highest BCUT2D eigenvalue weighted by Gasteiger charge is 2.23. The van der Waals surface area contributed by atoms with E-state index in [1.807, 2.05) is 20.8 Å². The van der Waals surface area contributed by atoms with Crippen molar-refractivity contribution in [1.82, 2.24) is 0 Å². The van der Waals surface area contributed by atoms with Gasteiger partial charge in [0.15, 0.2) is 5.78 Å². The summed E-state index contributed by atoms with van der Waals surface area (Å²) < 4.78 is 4.92. The van der Waals surface area contributed by atoms with E-state index >= 15 is 0 Å². The molecule has 0 aromatic heterocycles. The summed E-state index contributed by atoms with van der Waals surface area (Å²) in [4.78, 5) is 36.4. The first-order chi connectivity index (χ1) is 12.6. The van der Waals surface area contributed by atoms with Gasteiger partial charge in [-0.15, -0.1) is 0 Å². The second kappa shape index (κ2) is 8.35. The van der Waals surface area contributed by atoms with Crippen LogP contribution in [0.2, 0.25) is 5.02 Å². The maximum absolute atomic E-state index is 12.4. The van der Waals surface area contributed by atoms with Crippen molar-refractivity contribution < 1.29 is 19.1 Å². The van der Waals surface area contributed by atoms with Crippen LogP contribution < -0.4 is 5.32 Å². The molecule has 0 aliphatic carbocycles. The molecule has 0 spiro atoms. The highest BCUT2D eigenvalue weighted by molar-refractivity contribution is 6.34. The number of halogens is 1. The lowest BCUT2D eigenvalue weighted by atomic mass is 9.86. The zero-order valence-corrected chi connectivity index (χ0v) is 16.5. The van der Waals surface area contributed by atoms with E-state index in [0.717, 1.165) is 0 Å². The van der Waals surface area contributed by atoms with Crippen LogP contribution in [0.4, 0.5) is 5.69 Å². The van der Waals surface area contributed by atoms with Crippen LogP contribution in [-0.4, -0.2) is 24.3 Å². The number of hydrogen-bond acceptors (Lipinski definition) is 4. The highest BCUT2D eigenvalue weighted by atomic mass is 35.5. The number of Topliss-reactive ketones (excluding diaryl/α,β-unsaturated/α-hetero) is 1. The maximum Gasteiger partial charge on any atom is 0.338 e. The predicted molar refractivity (Wildman–Crippen MR) is 106 cm³/mol. The Kier molecular flexibility index (Phi) is 6.39. The quantitative estimate of drug-likeness (QED) is 0.579. The first kappa shape index (κ1) is 20.6. The first-order valence-corrected chi connectivity index (χ1v) is 8.94. The third-order valence-corrected chi connectivity index (χ3v) is 4.13. The largest absolute Gasteiger partial charge is 0.462 e. The summed E-state index contributed by atoms with van der Waals surface area (Å²) in [7, 11) is 0. The smallest absolute Gasteiger partial charge is 0.338 e. The van der Waals surface area contributed by atoms with Crippen molar-refractivity contribution in [3.8, 4) is 0 Å². The fourth-order valence-electron chi connectivity index (χ4n) is 2.36. The molecule has 0 fully saturated rings. The van der Waals surface area contributed by atoms with Crippen LogP contribution >= 0.6 is 11.6 Å². The second-order valence-electron chi connectivity index (χ2n) is 7.03. The SMILES string of the molecule is CCOC(=O)c1ccc(NC(=O)c2ccc(C(=O)C(C)(C)C)cc2)c(Cl)c1. The fourth-order valence-corrected chi connectivity index (χ4v) is 2.59. The summed E-state index contributed by atoms with van der Waals surface area (Å²) in [5, 5.41) is 2.93. The van der Waals surface area contributed by atoms with Crippen LogP contribution in [0.15, 0.2) is 42.5 Å². The number of benzene rings is 2. The van der Waals surface area contributed by atoms with Crippen LogP contribution in [0, 0.1) is 5.41 Å². The monoisotopic (exact) mass is 387 g/mol. The minimum atomic E-state index is -0.488. The number of anilines is 1. The molecule has 2 rings (SSSR count). The molecule has 0 saturated carbocycles. The number of rotatable bonds is 5. The molecule has 142 valence electrons. The summed E-state index contributed by atoms with van der Waals surface area (Å²) in [5.74, 6) is -0.834. The Labute approximate surface area is 163 Å². The van der Waals surface area contributed by atoms with E-state index in [1.54, 1.807) is 37.3 Å². The second-order valence-corrected chi connectivity index (χ2v) is 7.43. The summed E-state index contributed by atoms with van der Waals surface area (Å²) in [6.45, 7) is 7.52. The Bertz CT molecular complexity index is 867. The van der Waals surface area contributed by atoms with Gasteiger partial charge in [-0.1, -0.05) is 44.5 Å². The number of hydrogen-bond donors (Lipinski definition) is 1. The van der Waals surface area contributed by atoms with Crippen LogP contribution in [0.5, 0.6) is 0 Å². The van der Waals surface area contributed by atoms with Crippen LogP contribution in [0.25, 0.3) is 0 Å². The van der Waals surface area contributed by atoms with Gasteiger partial charge in [-0.05, 0) is 37.3 Å². The Balaban J connectivity index is 2.13. The van der Waals surface area contributed by atoms with E-state index in [4.69, 9.17) is 16.3 Å². The molecular formula is C21H22ClNO4. The van der Waals surface area contributed by atoms with E-state index in [9.17, 15) is 14.4 Å². The van der Waals surface area contributed by atoms with Gasteiger partial charge in [0, 0.05) is 16.5 Å². The highest BCUT2D eigenvalue weighted by Crippen LogP contribution is 2.25. The maximum atomic E-state index is 12.4. The van der Waals surface area contributed by atoms with E-state index < -0.39 is 11.4 Å². The van der Waals surface area contributed by atoms with Gasteiger partial charge in [-0.25, -0.2) is 4.79 Å². The topological polar surface area (TPSA) is 72.5 Å². The third kappa shape index (κ3) is 5.17. The Morgan fingerprint density at radius 1 is 0.963 bits per heavy atom. The number of esters is 1. The summed E-state index contributed by atoms with van der Waals surface area (Å²) >= 11 is 6.15. The van der Waals surface area contributed by atoms with Crippen molar-refractivity contribution in [2.24, 2.45) is 5.41 Å². The van der Waals surface area contributed by atoms with Gasteiger partial charge in [-0.3, -0.25) is 9.59 Å². The van der Waals surface area contributed by atoms with Crippen molar-refractivity contribution in [3.63, 3.8) is 0 Å². The number of carbonyl (C=O) groups is 3. The Morgan fingerprint density at radius 3 is 2.04 bits per heavy atom. The molecular weight excluding hydrogens is 366 g/mol. The fraction of sp³-hybridized carbons (Fsp3) is 0.286. The lowest BCUT2D eigenvalue weighted by molar-refractivity contribution is 0.0526. The summed E-state index contributed by atoms with van der Waals surface area (Å²) in [5.41, 5.74) is 1.15. The molecule has 0 bridgehead atoms. The van der Waals surface area contributed by atoms with E-state index in [0.29, 0.717) is 22.4 Å². The van der Waals surface area contributed by atoms with Gasteiger partial charge < -0.3 is 10.1 Å². The number of ketones is 1. The Hall–Kier alpha value is -2.66. The molecule has 27 heavy (non-hydrogen) atoms. The minimum Gasteiger partial charge on any atom is -0.462 e. The average molecular weight is 388 g/mol. The molecule has 0 aliphatic heterocycles. The molecule has 0 heterocycles. The zero-order chi connectivity index (χ0) is 20.2. The van der Waals surface area contributed by atoms with Gasteiger partial charge in [0.05, 0.1) is 22.9 Å². The molecule has 2 aromatic rings. The van der Waals surface area contributed by atoms with Crippen molar-refractivity contribution in [3.05, 3.63) is 64.2 Å². The van der Waals surface area contributed by atoms with E-state index in [-0.39, 0.29) is 23.3 Å². The van der Waals surface area contributed by atoms with Crippen molar-refractivity contribution >= 4 is 34.9 Å². The lowest BCUT2D eigenvalue weighted by Gasteiger charge is -2.16.